The molecule has 0 saturated carbocycles. The molecule has 1 aromatic heterocycles. The van der Waals surface area contributed by atoms with Crippen LogP contribution in [0.5, 0.6) is 5.75 Å². The molecule has 7 heteroatoms. The Morgan fingerprint density at radius 2 is 2.03 bits per heavy atom. The first-order valence-electron chi connectivity index (χ1n) is 10.2. The van der Waals surface area contributed by atoms with Crippen LogP contribution in [0.4, 0.5) is 5.69 Å². The molecule has 0 radical (unpaired) electrons. The highest BCUT2D eigenvalue weighted by Crippen LogP contribution is 2.30. The van der Waals surface area contributed by atoms with Gasteiger partial charge in [0, 0.05) is 34.2 Å². The number of ether oxygens (including phenoxy) is 1. The minimum atomic E-state index is -0.534. The third-order valence-electron chi connectivity index (χ3n) is 5.13. The van der Waals surface area contributed by atoms with Gasteiger partial charge in [0.1, 0.15) is 5.75 Å². The summed E-state index contributed by atoms with van der Waals surface area (Å²) < 4.78 is 6.03. The summed E-state index contributed by atoms with van der Waals surface area (Å²) in [6.07, 6.45) is 0.381. The molecule has 5 nitrogen and oxygen atoms in total. The summed E-state index contributed by atoms with van der Waals surface area (Å²) in [7, 11) is 0. The Labute approximate surface area is 190 Å². The molecule has 1 aliphatic rings. The normalized spacial score (nSPS) is 15.7. The SMILES string of the molecule is CCC1Oc2ccc(NC(=O)Cc3cccs3)cc2CN(Cc2ccc(Cl)cc2)C1=O. The first kappa shape index (κ1) is 21.4. The minimum absolute atomic E-state index is 0.0445. The molecule has 0 saturated heterocycles. The number of benzene rings is 2. The zero-order valence-corrected chi connectivity index (χ0v) is 18.7. The summed E-state index contributed by atoms with van der Waals surface area (Å²) in [6.45, 7) is 2.80. The summed E-state index contributed by atoms with van der Waals surface area (Å²) in [5, 5.41) is 5.57. The van der Waals surface area contributed by atoms with E-state index in [1.807, 2.05) is 66.9 Å². The lowest BCUT2D eigenvalue weighted by Gasteiger charge is -2.23. The fourth-order valence-electron chi connectivity index (χ4n) is 3.57. The van der Waals surface area contributed by atoms with Crippen LogP contribution in [0.3, 0.4) is 0 Å². The Bertz CT molecular complexity index is 1070. The highest BCUT2D eigenvalue weighted by Gasteiger charge is 2.30. The van der Waals surface area contributed by atoms with Crippen LogP contribution in [0.2, 0.25) is 5.02 Å². The van der Waals surface area contributed by atoms with E-state index in [1.165, 1.54) is 0 Å². The van der Waals surface area contributed by atoms with E-state index in [9.17, 15) is 9.59 Å². The predicted octanol–water partition coefficient (Wildman–Crippen LogP) is 5.28. The van der Waals surface area contributed by atoms with Crippen LogP contribution in [-0.4, -0.2) is 22.8 Å². The summed E-state index contributed by atoms with van der Waals surface area (Å²) in [6, 6.07) is 16.9. The summed E-state index contributed by atoms with van der Waals surface area (Å²) in [5.41, 5.74) is 2.56. The Hall–Kier alpha value is -2.83. The number of nitrogens with one attached hydrogen (secondary N) is 1. The van der Waals surface area contributed by atoms with Crippen molar-refractivity contribution in [1.29, 1.82) is 0 Å². The number of nitrogens with zero attached hydrogens (tertiary/aromatic N) is 1. The molecule has 2 aromatic carbocycles. The van der Waals surface area contributed by atoms with Gasteiger partial charge < -0.3 is 15.0 Å². The molecule has 0 fully saturated rings. The number of hydrogen-bond acceptors (Lipinski definition) is 4. The van der Waals surface area contributed by atoms with E-state index in [1.54, 1.807) is 16.2 Å². The summed E-state index contributed by atoms with van der Waals surface area (Å²) >= 11 is 7.55. The molecule has 0 spiro atoms. The number of hydrogen-bond donors (Lipinski definition) is 1. The molecule has 0 aliphatic carbocycles. The maximum absolute atomic E-state index is 13.1. The van der Waals surface area contributed by atoms with Gasteiger partial charge in [-0.05, 0) is 53.8 Å². The number of halogens is 1. The zero-order chi connectivity index (χ0) is 21.8. The third kappa shape index (κ3) is 5.27. The van der Waals surface area contributed by atoms with Crippen LogP contribution < -0.4 is 10.1 Å². The molecule has 160 valence electrons. The van der Waals surface area contributed by atoms with Crippen molar-refractivity contribution in [2.75, 3.05) is 5.32 Å². The van der Waals surface area contributed by atoms with Gasteiger partial charge in [-0.15, -0.1) is 11.3 Å². The van der Waals surface area contributed by atoms with Crippen molar-refractivity contribution in [2.24, 2.45) is 0 Å². The topological polar surface area (TPSA) is 58.6 Å². The van der Waals surface area contributed by atoms with E-state index in [2.05, 4.69) is 5.32 Å². The molecule has 0 bridgehead atoms. The highest BCUT2D eigenvalue weighted by molar-refractivity contribution is 7.10. The van der Waals surface area contributed by atoms with Crippen molar-refractivity contribution in [3.63, 3.8) is 0 Å². The van der Waals surface area contributed by atoms with Gasteiger partial charge in [-0.2, -0.15) is 0 Å². The molecule has 1 unspecified atom stereocenters. The van der Waals surface area contributed by atoms with Crippen LogP contribution >= 0.6 is 22.9 Å². The van der Waals surface area contributed by atoms with E-state index >= 15 is 0 Å². The molecule has 1 aliphatic heterocycles. The molecule has 3 aromatic rings. The molecule has 31 heavy (non-hydrogen) atoms. The minimum Gasteiger partial charge on any atom is -0.480 e. The quantitative estimate of drug-likeness (QED) is 0.551. The lowest BCUT2D eigenvalue weighted by Crippen LogP contribution is -2.38. The molecule has 2 heterocycles. The van der Waals surface area contributed by atoms with Gasteiger partial charge in [-0.3, -0.25) is 9.59 Å². The van der Waals surface area contributed by atoms with Gasteiger partial charge in [0.25, 0.3) is 5.91 Å². The van der Waals surface area contributed by atoms with Gasteiger partial charge in [-0.25, -0.2) is 0 Å². The molecular weight excluding hydrogens is 432 g/mol. The first-order chi connectivity index (χ1) is 15.0. The van der Waals surface area contributed by atoms with E-state index in [0.717, 1.165) is 16.0 Å². The van der Waals surface area contributed by atoms with Crippen molar-refractivity contribution >= 4 is 40.4 Å². The van der Waals surface area contributed by atoms with Crippen LogP contribution in [0.25, 0.3) is 0 Å². The second-order valence-electron chi connectivity index (χ2n) is 7.46. The van der Waals surface area contributed by atoms with Gasteiger partial charge >= 0.3 is 0 Å². The fourth-order valence-corrected chi connectivity index (χ4v) is 4.39. The molecular formula is C24H23ClN2O3S. The smallest absolute Gasteiger partial charge is 0.264 e. The van der Waals surface area contributed by atoms with Crippen molar-refractivity contribution < 1.29 is 14.3 Å². The third-order valence-corrected chi connectivity index (χ3v) is 6.26. The highest BCUT2D eigenvalue weighted by atomic mass is 35.5. The van der Waals surface area contributed by atoms with E-state index in [4.69, 9.17) is 16.3 Å². The standard InChI is InChI=1S/C24H23ClN2O3S/c1-2-21-24(29)27(14-16-5-7-18(25)8-6-16)15-17-12-19(9-10-22(17)30-21)26-23(28)13-20-4-3-11-31-20/h3-12,21H,2,13-15H2,1H3,(H,26,28). The van der Waals surface area contributed by atoms with Crippen LogP contribution in [0, 0.1) is 0 Å². The second kappa shape index (κ2) is 9.54. The maximum Gasteiger partial charge on any atom is 0.264 e. The lowest BCUT2D eigenvalue weighted by atomic mass is 10.1. The van der Waals surface area contributed by atoms with Crippen molar-refractivity contribution in [3.05, 3.63) is 81.0 Å². The summed E-state index contributed by atoms with van der Waals surface area (Å²) in [5.74, 6) is 0.560. The molecule has 2 amide bonds. The average Bonchev–Trinajstić information content (AvgIpc) is 3.22. The number of fused-ring (bicyclic) bond motifs is 1. The van der Waals surface area contributed by atoms with Crippen molar-refractivity contribution in [1.82, 2.24) is 4.90 Å². The van der Waals surface area contributed by atoms with E-state index in [-0.39, 0.29) is 11.8 Å². The lowest BCUT2D eigenvalue weighted by molar-refractivity contribution is -0.139. The zero-order valence-electron chi connectivity index (χ0n) is 17.1. The largest absolute Gasteiger partial charge is 0.480 e. The second-order valence-corrected chi connectivity index (χ2v) is 8.93. The monoisotopic (exact) mass is 454 g/mol. The average molecular weight is 455 g/mol. The number of carbonyl (C=O) groups is 2. The van der Waals surface area contributed by atoms with Crippen LogP contribution in [-0.2, 0) is 29.1 Å². The van der Waals surface area contributed by atoms with Gasteiger partial charge in [0.15, 0.2) is 6.10 Å². The van der Waals surface area contributed by atoms with Gasteiger partial charge in [-0.1, -0.05) is 36.7 Å². The fraction of sp³-hybridized carbons (Fsp3) is 0.250. The first-order valence-corrected chi connectivity index (χ1v) is 11.4. The molecule has 1 atom stereocenters. The van der Waals surface area contributed by atoms with Crippen molar-refractivity contribution in [2.45, 2.75) is 39.0 Å². The number of rotatable bonds is 6. The van der Waals surface area contributed by atoms with Crippen molar-refractivity contribution in [3.8, 4) is 5.75 Å². The van der Waals surface area contributed by atoms with E-state index < -0.39 is 6.10 Å². The number of amides is 2. The van der Waals surface area contributed by atoms with Crippen LogP contribution in [0.1, 0.15) is 29.3 Å². The Balaban J connectivity index is 1.54. The predicted molar refractivity (Wildman–Crippen MR) is 124 cm³/mol. The number of anilines is 1. The Morgan fingerprint density at radius 1 is 1.23 bits per heavy atom. The number of thiophene rings is 1. The van der Waals surface area contributed by atoms with Crippen LogP contribution in [0.15, 0.2) is 60.0 Å². The van der Waals surface area contributed by atoms with Gasteiger partial charge in [0.05, 0.1) is 6.42 Å². The Kier molecular flexibility index (Phi) is 6.59. The molecule has 1 N–H and O–H groups in total. The number of carbonyl (C=O) groups excluding carboxylic acids is 2. The maximum atomic E-state index is 13.1. The molecule has 4 rings (SSSR count). The Morgan fingerprint density at radius 3 is 2.74 bits per heavy atom. The van der Waals surface area contributed by atoms with E-state index in [0.29, 0.717) is 42.4 Å². The van der Waals surface area contributed by atoms with Gasteiger partial charge in [0.2, 0.25) is 5.91 Å². The summed E-state index contributed by atoms with van der Waals surface area (Å²) in [4.78, 5) is 28.3.